The number of nitrogens with one attached hydrogen (secondary N) is 3. The standard InChI is InChI=1S/C34H48FN5O6/c1-5-26-24(20-46-39-26)31(42)38-30(22-11-9-7-8-10-12-22)32(43)36-27-14-13-23(19-25(27)35)21(3)29(37-28(41)6-2)33(44)40-17-15-34(4,45)16-18-40/h13-14,19-22,29-30,45H,5-12,15-18H2,1-4H3,(H,36,43)(H,37,41)(H,38,42). The van der Waals surface area contributed by atoms with E-state index in [2.05, 4.69) is 21.1 Å². The molecule has 1 aliphatic heterocycles. The zero-order valence-corrected chi connectivity index (χ0v) is 27.4. The summed E-state index contributed by atoms with van der Waals surface area (Å²) in [5.74, 6) is -2.97. The lowest BCUT2D eigenvalue weighted by Gasteiger charge is -2.38. The summed E-state index contributed by atoms with van der Waals surface area (Å²) in [6, 6.07) is 2.52. The highest BCUT2D eigenvalue weighted by molar-refractivity contribution is 6.01. The molecular weight excluding hydrogens is 593 g/mol. The Kier molecular flexibility index (Phi) is 11.9. The van der Waals surface area contributed by atoms with Crippen molar-refractivity contribution in [2.75, 3.05) is 18.4 Å². The van der Waals surface area contributed by atoms with Crippen molar-refractivity contribution in [2.45, 2.75) is 116 Å². The van der Waals surface area contributed by atoms with E-state index in [0.717, 1.165) is 38.5 Å². The van der Waals surface area contributed by atoms with Gasteiger partial charge in [0.05, 0.1) is 17.0 Å². The van der Waals surface area contributed by atoms with Gasteiger partial charge in [0.1, 0.15) is 29.7 Å². The molecule has 4 N–H and O–H groups in total. The van der Waals surface area contributed by atoms with Crippen molar-refractivity contribution in [2.24, 2.45) is 5.92 Å². The maximum absolute atomic E-state index is 15.6. The molecule has 2 fully saturated rings. The van der Waals surface area contributed by atoms with Gasteiger partial charge in [-0.2, -0.15) is 0 Å². The maximum Gasteiger partial charge on any atom is 0.257 e. The Labute approximate surface area is 270 Å². The van der Waals surface area contributed by atoms with Crippen molar-refractivity contribution in [3.05, 3.63) is 47.1 Å². The van der Waals surface area contributed by atoms with Gasteiger partial charge in [0.15, 0.2) is 0 Å². The van der Waals surface area contributed by atoms with E-state index in [9.17, 15) is 24.3 Å². The smallest absolute Gasteiger partial charge is 0.257 e. The molecule has 3 unspecified atom stereocenters. The number of aryl methyl sites for hydroxylation is 1. The van der Waals surface area contributed by atoms with E-state index >= 15 is 4.39 Å². The van der Waals surface area contributed by atoms with Crippen LogP contribution in [-0.2, 0) is 20.8 Å². The van der Waals surface area contributed by atoms with Crippen LogP contribution in [0.25, 0.3) is 0 Å². The third kappa shape index (κ3) is 8.71. The van der Waals surface area contributed by atoms with Crippen molar-refractivity contribution < 1.29 is 33.2 Å². The van der Waals surface area contributed by atoms with Gasteiger partial charge < -0.3 is 30.5 Å². The van der Waals surface area contributed by atoms with Gasteiger partial charge in [-0.3, -0.25) is 19.2 Å². The first kappa shape index (κ1) is 35.1. The number of amides is 4. The van der Waals surface area contributed by atoms with Crippen LogP contribution in [0.4, 0.5) is 10.1 Å². The van der Waals surface area contributed by atoms with E-state index < -0.39 is 41.2 Å². The maximum atomic E-state index is 15.6. The van der Waals surface area contributed by atoms with Crippen LogP contribution < -0.4 is 16.0 Å². The van der Waals surface area contributed by atoms with Gasteiger partial charge in [-0.25, -0.2) is 4.39 Å². The fraction of sp³-hybridized carbons (Fsp3) is 0.618. The monoisotopic (exact) mass is 641 g/mol. The van der Waals surface area contributed by atoms with E-state index in [1.807, 2.05) is 6.92 Å². The minimum Gasteiger partial charge on any atom is -0.390 e. The van der Waals surface area contributed by atoms with Gasteiger partial charge >= 0.3 is 0 Å². The Morgan fingerprint density at radius 2 is 1.76 bits per heavy atom. The Balaban J connectivity index is 1.52. The number of hydrogen-bond acceptors (Lipinski definition) is 7. The number of halogens is 1. The molecule has 1 saturated carbocycles. The molecule has 11 nitrogen and oxygen atoms in total. The van der Waals surface area contributed by atoms with Crippen LogP contribution in [0.2, 0.25) is 0 Å². The lowest BCUT2D eigenvalue weighted by atomic mass is 9.89. The van der Waals surface area contributed by atoms with Crippen LogP contribution in [0.15, 0.2) is 29.0 Å². The Bertz CT molecular complexity index is 1380. The van der Waals surface area contributed by atoms with Crippen LogP contribution in [0.3, 0.4) is 0 Å². The summed E-state index contributed by atoms with van der Waals surface area (Å²) in [5, 5.41) is 22.6. The number of carbonyl (C=O) groups excluding carboxylic acids is 4. The molecule has 0 radical (unpaired) electrons. The van der Waals surface area contributed by atoms with Gasteiger partial charge in [-0.1, -0.05) is 57.7 Å². The first-order valence-corrected chi connectivity index (χ1v) is 16.6. The highest BCUT2D eigenvalue weighted by Gasteiger charge is 2.36. The molecule has 3 atom stereocenters. The number of hydrogen-bond donors (Lipinski definition) is 4. The highest BCUT2D eigenvalue weighted by Crippen LogP contribution is 2.30. The van der Waals surface area contributed by atoms with Crippen LogP contribution in [0, 0.1) is 11.7 Å². The largest absolute Gasteiger partial charge is 0.390 e. The van der Waals surface area contributed by atoms with Gasteiger partial charge in [-0.05, 0) is 62.6 Å². The lowest BCUT2D eigenvalue weighted by Crippen LogP contribution is -2.54. The molecule has 1 saturated heterocycles. The molecule has 46 heavy (non-hydrogen) atoms. The lowest BCUT2D eigenvalue weighted by molar-refractivity contribution is -0.140. The molecule has 252 valence electrons. The zero-order valence-electron chi connectivity index (χ0n) is 27.4. The second-order valence-corrected chi connectivity index (χ2v) is 13.0. The second-order valence-electron chi connectivity index (χ2n) is 13.0. The normalized spacial score (nSPS) is 19.0. The van der Waals surface area contributed by atoms with Crippen LogP contribution in [0.5, 0.6) is 0 Å². The van der Waals surface area contributed by atoms with E-state index in [1.54, 1.807) is 31.7 Å². The summed E-state index contributed by atoms with van der Waals surface area (Å²) in [6.07, 6.45) is 8.28. The average molecular weight is 642 g/mol. The van der Waals surface area contributed by atoms with E-state index in [0.29, 0.717) is 43.6 Å². The van der Waals surface area contributed by atoms with Crippen molar-refractivity contribution in [1.29, 1.82) is 0 Å². The van der Waals surface area contributed by atoms with Crippen molar-refractivity contribution >= 4 is 29.3 Å². The third-order valence-corrected chi connectivity index (χ3v) is 9.50. The molecular formula is C34H48FN5O6. The second kappa shape index (κ2) is 15.7. The average Bonchev–Trinajstić information content (AvgIpc) is 3.37. The molecule has 4 rings (SSSR count). The van der Waals surface area contributed by atoms with Gasteiger partial charge in [0, 0.05) is 25.4 Å². The minimum absolute atomic E-state index is 0.0493. The van der Waals surface area contributed by atoms with Crippen LogP contribution in [0.1, 0.15) is 113 Å². The Hall–Kier alpha value is -3.80. The molecule has 12 heteroatoms. The van der Waals surface area contributed by atoms with Crippen LogP contribution in [-0.4, -0.2) is 69.6 Å². The molecule has 4 amide bonds. The number of anilines is 1. The number of aliphatic hydroxyl groups is 1. The molecule has 1 aliphatic carbocycles. The topological polar surface area (TPSA) is 154 Å². The first-order chi connectivity index (χ1) is 21.9. The van der Waals surface area contributed by atoms with Crippen molar-refractivity contribution in [3.8, 4) is 0 Å². The molecule has 1 aromatic carbocycles. The predicted octanol–water partition coefficient (Wildman–Crippen LogP) is 4.46. The van der Waals surface area contributed by atoms with Crippen molar-refractivity contribution in [1.82, 2.24) is 20.7 Å². The van der Waals surface area contributed by atoms with Gasteiger partial charge in [0.25, 0.3) is 5.91 Å². The first-order valence-electron chi connectivity index (χ1n) is 16.6. The van der Waals surface area contributed by atoms with Gasteiger partial charge in [0.2, 0.25) is 17.7 Å². The molecule has 1 aromatic heterocycles. The zero-order chi connectivity index (χ0) is 33.4. The van der Waals surface area contributed by atoms with Gasteiger partial charge in [-0.15, -0.1) is 0 Å². The number of benzene rings is 1. The minimum atomic E-state index is -0.935. The molecule has 2 heterocycles. The van der Waals surface area contributed by atoms with Crippen molar-refractivity contribution in [3.63, 3.8) is 0 Å². The summed E-state index contributed by atoms with van der Waals surface area (Å²) >= 11 is 0. The summed E-state index contributed by atoms with van der Waals surface area (Å²) in [6.45, 7) is 7.74. The van der Waals surface area contributed by atoms with E-state index in [-0.39, 0.29) is 35.4 Å². The predicted molar refractivity (Wildman–Crippen MR) is 170 cm³/mol. The Morgan fingerprint density at radius 3 is 2.37 bits per heavy atom. The fourth-order valence-corrected chi connectivity index (χ4v) is 6.36. The molecule has 0 spiro atoms. The van der Waals surface area contributed by atoms with Crippen LogP contribution >= 0.6 is 0 Å². The number of likely N-dealkylation sites (tertiary alicyclic amines) is 1. The van der Waals surface area contributed by atoms with E-state index in [1.165, 1.54) is 18.4 Å². The number of rotatable bonds is 11. The summed E-state index contributed by atoms with van der Waals surface area (Å²) in [5.41, 5.74) is 0.343. The number of piperidine rings is 1. The number of nitrogens with zero attached hydrogens (tertiary/aromatic N) is 2. The number of carbonyl (C=O) groups is 4. The van der Waals surface area contributed by atoms with E-state index in [4.69, 9.17) is 4.52 Å². The molecule has 2 aromatic rings. The SMILES string of the molecule is CCC(=O)NC(C(=O)N1CCC(C)(O)CC1)C(C)c1ccc(NC(=O)C(NC(=O)c2conc2CC)C2CCCCCC2)c(F)c1. The summed E-state index contributed by atoms with van der Waals surface area (Å²) < 4.78 is 20.6. The molecule has 0 bridgehead atoms. The highest BCUT2D eigenvalue weighted by atomic mass is 19.1. The number of aromatic nitrogens is 1. The summed E-state index contributed by atoms with van der Waals surface area (Å²) in [7, 11) is 0. The quantitative estimate of drug-likeness (QED) is 0.264. The Morgan fingerprint density at radius 1 is 1.09 bits per heavy atom. The fourth-order valence-electron chi connectivity index (χ4n) is 6.36. The molecule has 2 aliphatic rings. The summed E-state index contributed by atoms with van der Waals surface area (Å²) in [4.78, 5) is 54.5. The third-order valence-electron chi connectivity index (χ3n) is 9.50.